The van der Waals surface area contributed by atoms with Crippen LogP contribution in [0.1, 0.15) is 25.7 Å². The van der Waals surface area contributed by atoms with Crippen molar-refractivity contribution in [3.8, 4) is 0 Å². The van der Waals surface area contributed by atoms with Crippen LogP contribution in [0.2, 0.25) is 0 Å². The first-order valence-corrected chi connectivity index (χ1v) is 6.30. The zero-order chi connectivity index (χ0) is 10.9. The Kier molecular flexibility index (Phi) is 7.36. The van der Waals surface area contributed by atoms with Crippen molar-refractivity contribution in [1.29, 1.82) is 0 Å². The fourth-order valence-electron chi connectivity index (χ4n) is 2.04. The van der Waals surface area contributed by atoms with Gasteiger partial charge in [-0.2, -0.15) is 0 Å². The van der Waals surface area contributed by atoms with Gasteiger partial charge in [-0.1, -0.05) is 0 Å². The van der Waals surface area contributed by atoms with Crippen molar-refractivity contribution in [1.82, 2.24) is 5.32 Å². The van der Waals surface area contributed by atoms with Gasteiger partial charge >= 0.3 is 0 Å². The monoisotopic (exact) mass is 235 g/mol. The predicted octanol–water partition coefficient (Wildman–Crippen LogP) is 1.79. The smallest absolute Gasteiger partial charge is 0.0602 e. The van der Waals surface area contributed by atoms with Crippen LogP contribution in [-0.2, 0) is 9.47 Å². The van der Waals surface area contributed by atoms with E-state index in [1.807, 2.05) is 0 Å². The van der Waals surface area contributed by atoms with Gasteiger partial charge in [0.25, 0.3) is 0 Å². The first-order chi connectivity index (χ1) is 7.36. The minimum atomic E-state index is 0.444. The number of rotatable bonds is 7. The largest absolute Gasteiger partial charge is 0.381 e. The molecule has 15 heavy (non-hydrogen) atoms. The summed E-state index contributed by atoms with van der Waals surface area (Å²) in [5.41, 5.74) is 0. The van der Waals surface area contributed by atoms with Gasteiger partial charge in [-0.15, -0.1) is 11.6 Å². The van der Waals surface area contributed by atoms with E-state index < -0.39 is 0 Å². The molecule has 0 aromatic carbocycles. The molecule has 2 unspecified atom stereocenters. The zero-order valence-corrected chi connectivity index (χ0v) is 10.3. The van der Waals surface area contributed by atoms with Crippen LogP contribution in [0.15, 0.2) is 0 Å². The summed E-state index contributed by atoms with van der Waals surface area (Å²) in [4.78, 5) is 0. The molecule has 0 spiro atoms. The Bertz CT molecular complexity index is 158. The van der Waals surface area contributed by atoms with Crippen LogP contribution < -0.4 is 5.32 Å². The average molecular weight is 236 g/mol. The molecule has 0 aromatic rings. The van der Waals surface area contributed by atoms with Crippen LogP contribution in [-0.4, -0.2) is 44.9 Å². The van der Waals surface area contributed by atoms with E-state index in [2.05, 4.69) is 5.32 Å². The third kappa shape index (κ3) is 5.71. The lowest BCUT2D eigenvalue weighted by Crippen LogP contribution is -2.38. The molecule has 0 bridgehead atoms. The van der Waals surface area contributed by atoms with Gasteiger partial charge < -0.3 is 14.8 Å². The Hall–Kier alpha value is 0.170. The molecule has 0 radical (unpaired) electrons. The van der Waals surface area contributed by atoms with E-state index in [1.54, 1.807) is 7.11 Å². The number of halogens is 1. The van der Waals surface area contributed by atoms with Gasteiger partial charge in [0.05, 0.1) is 19.3 Å². The van der Waals surface area contributed by atoms with Crippen molar-refractivity contribution in [2.24, 2.45) is 0 Å². The molecule has 1 aliphatic carbocycles. The minimum Gasteiger partial charge on any atom is -0.381 e. The zero-order valence-electron chi connectivity index (χ0n) is 9.51. The Labute approximate surface area is 97.5 Å². The summed E-state index contributed by atoms with van der Waals surface area (Å²) >= 11 is 5.51. The summed E-state index contributed by atoms with van der Waals surface area (Å²) in [6.07, 6.45) is 5.30. The van der Waals surface area contributed by atoms with Crippen LogP contribution in [0.3, 0.4) is 0 Å². The Morgan fingerprint density at radius 1 is 1.33 bits per heavy atom. The maximum Gasteiger partial charge on any atom is 0.0602 e. The Balaban J connectivity index is 2.00. The van der Waals surface area contributed by atoms with Gasteiger partial charge in [-0.05, 0) is 25.7 Å². The fraction of sp³-hybridized carbons (Fsp3) is 1.00. The second-order valence-electron chi connectivity index (χ2n) is 3.98. The second-order valence-corrected chi connectivity index (χ2v) is 4.35. The summed E-state index contributed by atoms with van der Waals surface area (Å²) in [7, 11) is 1.80. The molecule has 1 fully saturated rings. The molecule has 1 saturated carbocycles. The van der Waals surface area contributed by atoms with Crippen molar-refractivity contribution in [2.75, 3.05) is 32.7 Å². The standard InChI is InChI=1S/C11H22ClNO2/c1-14-11-4-2-3-10(9-11)13-6-8-15-7-5-12/h10-11,13H,2-9H2,1H3. The summed E-state index contributed by atoms with van der Waals surface area (Å²) < 4.78 is 10.7. The van der Waals surface area contributed by atoms with Crippen LogP contribution in [0, 0.1) is 0 Å². The van der Waals surface area contributed by atoms with E-state index in [0.29, 0.717) is 24.6 Å². The fourth-order valence-corrected chi connectivity index (χ4v) is 2.15. The first kappa shape index (κ1) is 13.2. The number of hydrogen-bond donors (Lipinski definition) is 1. The highest BCUT2D eigenvalue weighted by Crippen LogP contribution is 2.20. The second kappa shape index (κ2) is 8.34. The first-order valence-electron chi connectivity index (χ1n) is 5.76. The summed E-state index contributed by atoms with van der Waals surface area (Å²) in [6, 6.07) is 0.600. The van der Waals surface area contributed by atoms with Gasteiger partial charge in [0.15, 0.2) is 0 Å². The van der Waals surface area contributed by atoms with Crippen LogP contribution in [0.25, 0.3) is 0 Å². The number of hydrogen-bond acceptors (Lipinski definition) is 3. The molecule has 4 heteroatoms. The van der Waals surface area contributed by atoms with Crippen molar-refractivity contribution in [3.05, 3.63) is 0 Å². The molecule has 0 heterocycles. The van der Waals surface area contributed by atoms with Crippen LogP contribution >= 0.6 is 11.6 Å². The lowest BCUT2D eigenvalue weighted by molar-refractivity contribution is 0.0567. The third-order valence-electron chi connectivity index (χ3n) is 2.86. The Morgan fingerprint density at radius 3 is 2.93 bits per heavy atom. The maximum atomic E-state index is 5.51. The topological polar surface area (TPSA) is 30.5 Å². The van der Waals surface area contributed by atoms with E-state index >= 15 is 0 Å². The molecule has 1 aliphatic rings. The maximum absolute atomic E-state index is 5.51. The quantitative estimate of drug-likeness (QED) is 0.539. The van der Waals surface area contributed by atoms with Gasteiger partial charge in [0, 0.05) is 25.6 Å². The van der Waals surface area contributed by atoms with Crippen LogP contribution in [0.5, 0.6) is 0 Å². The number of methoxy groups -OCH3 is 1. The van der Waals surface area contributed by atoms with Gasteiger partial charge in [-0.25, -0.2) is 0 Å². The molecule has 0 saturated heterocycles. The summed E-state index contributed by atoms with van der Waals surface area (Å²) in [5, 5.41) is 3.50. The van der Waals surface area contributed by atoms with Crippen molar-refractivity contribution in [2.45, 2.75) is 37.8 Å². The molecule has 0 aliphatic heterocycles. The van der Waals surface area contributed by atoms with E-state index in [4.69, 9.17) is 21.1 Å². The van der Waals surface area contributed by atoms with E-state index in [1.165, 1.54) is 19.3 Å². The molecular weight excluding hydrogens is 214 g/mol. The van der Waals surface area contributed by atoms with E-state index in [0.717, 1.165) is 19.6 Å². The molecule has 1 N–H and O–H groups in total. The van der Waals surface area contributed by atoms with E-state index in [9.17, 15) is 0 Å². The Morgan fingerprint density at radius 2 is 2.20 bits per heavy atom. The molecule has 1 rings (SSSR count). The highest BCUT2D eigenvalue weighted by Gasteiger charge is 2.20. The number of ether oxygens (including phenoxy) is 2. The highest BCUT2D eigenvalue weighted by atomic mass is 35.5. The van der Waals surface area contributed by atoms with Gasteiger partial charge in [-0.3, -0.25) is 0 Å². The molecule has 90 valence electrons. The minimum absolute atomic E-state index is 0.444. The molecular formula is C11H22ClNO2. The summed E-state index contributed by atoms with van der Waals surface area (Å²) in [6.45, 7) is 2.31. The summed E-state index contributed by atoms with van der Waals surface area (Å²) in [5.74, 6) is 0.579. The SMILES string of the molecule is COC1CCCC(NCCOCCCl)C1. The molecule has 3 nitrogen and oxygen atoms in total. The number of alkyl halides is 1. The van der Waals surface area contributed by atoms with E-state index in [-0.39, 0.29) is 0 Å². The van der Waals surface area contributed by atoms with Crippen molar-refractivity contribution >= 4 is 11.6 Å². The average Bonchev–Trinajstić information content (AvgIpc) is 2.29. The number of nitrogens with one attached hydrogen (secondary N) is 1. The highest BCUT2D eigenvalue weighted by molar-refractivity contribution is 6.17. The normalized spacial score (nSPS) is 26.8. The lowest BCUT2D eigenvalue weighted by Gasteiger charge is -2.28. The van der Waals surface area contributed by atoms with Crippen LogP contribution in [0.4, 0.5) is 0 Å². The third-order valence-corrected chi connectivity index (χ3v) is 3.01. The molecule has 0 aromatic heterocycles. The predicted molar refractivity (Wildman–Crippen MR) is 62.6 cm³/mol. The van der Waals surface area contributed by atoms with Crippen molar-refractivity contribution in [3.63, 3.8) is 0 Å². The lowest BCUT2D eigenvalue weighted by atomic mass is 9.93. The van der Waals surface area contributed by atoms with Gasteiger partial charge in [0.2, 0.25) is 0 Å². The molecule has 2 atom stereocenters. The van der Waals surface area contributed by atoms with Crippen molar-refractivity contribution < 1.29 is 9.47 Å². The molecule has 0 amide bonds. The van der Waals surface area contributed by atoms with Gasteiger partial charge in [0.1, 0.15) is 0 Å².